The molecular weight excluding hydrogens is 280 g/mol. The molecule has 0 radical (unpaired) electrons. The van der Waals surface area contributed by atoms with E-state index in [2.05, 4.69) is 15.9 Å². The van der Waals surface area contributed by atoms with Crippen LogP contribution in [0.25, 0.3) is 0 Å². The van der Waals surface area contributed by atoms with Gasteiger partial charge >= 0.3 is 0 Å². The second-order valence-corrected chi connectivity index (χ2v) is 5.12. The SMILES string of the molecule is O[C@H]1c2ccccc2[C@H](O)c2cc(Br)ccc21. The Kier molecular flexibility index (Phi) is 2.54. The predicted molar refractivity (Wildman–Crippen MR) is 68.7 cm³/mol. The molecule has 2 atom stereocenters. The normalized spacial score (nSPS) is 21.8. The molecular formula is C14H11BrO2. The fourth-order valence-corrected chi connectivity index (χ4v) is 2.75. The first-order valence-corrected chi connectivity index (χ1v) is 6.22. The maximum absolute atomic E-state index is 10.3. The monoisotopic (exact) mass is 290 g/mol. The molecule has 86 valence electrons. The Morgan fingerprint density at radius 3 is 1.94 bits per heavy atom. The van der Waals surface area contributed by atoms with Crippen molar-refractivity contribution in [2.75, 3.05) is 0 Å². The van der Waals surface area contributed by atoms with Crippen molar-refractivity contribution in [1.82, 2.24) is 0 Å². The second-order valence-electron chi connectivity index (χ2n) is 4.21. The second kappa shape index (κ2) is 3.95. The number of halogens is 1. The number of hydrogen-bond acceptors (Lipinski definition) is 2. The molecule has 2 N–H and O–H groups in total. The van der Waals surface area contributed by atoms with Gasteiger partial charge in [-0.25, -0.2) is 0 Å². The molecule has 1 aliphatic rings. The van der Waals surface area contributed by atoms with Gasteiger partial charge in [0, 0.05) is 4.47 Å². The molecule has 0 heterocycles. The van der Waals surface area contributed by atoms with E-state index in [0.717, 1.165) is 26.7 Å². The molecule has 0 bridgehead atoms. The zero-order valence-electron chi connectivity index (χ0n) is 8.97. The fraction of sp³-hybridized carbons (Fsp3) is 0.143. The van der Waals surface area contributed by atoms with Crippen LogP contribution in [0.3, 0.4) is 0 Å². The van der Waals surface area contributed by atoms with Crippen LogP contribution in [0.5, 0.6) is 0 Å². The number of aliphatic hydroxyl groups is 2. The van der Waals surface area contributed by atoms with E-state index in [4.69, 9.17) is 0 Å². The summed E-state index contributed by atoms with van der Waals surface area (Å²) in [6.45, 7) is 0. The lowest BCUT2D eigenvalue weighted by Crippen LogP contribution is -2.17. The molecule has 1 aliphatic carbocycles. The van der Waals surface area contributed by atoms with Gasteiger partial charge < -0.3 is 10.2 Å². The topological polar surface area (TPSA) is 40.5 Å². The number of fused-ring (bicyclic) bond motifs is 2. The molecule has 2 aromatic rings. The summed E-state index contributed by atoms with van der Waals surface area (Å²) < 4.78 is 0.905. The van der Waals surface area contributed by atoms with Gasteiger partial charge in [-0.3, -0.25) is 0 Å². The third-order valence-electron chi connectivity index (χ3n) is 3.22. The lowest BCUT2D eigenvalue weighted by atomic mass is 9.82. The van der Waals surface area contributed by atoms with Crippen LogP contribution in [-0.4, -0.2) is 10.2 Å². The summed E-state index contributed by atoms with van der Waals surface area (Å²) >= 11 is 3.39. The van der Waals surface area contributed by atoms with Gasteiger partial charge in [-0.1, -0.05) is 46.3 Å². The molecule has 0 amide bonds. The van der Waals surface area contributed by atoms with Gasteiger partial charge in [0.1, 0.15) is 12.2 Å². The molecule has 17 heavy (non-hydrogen) atoms. The van der Waals surface area contributed by atoms with Crippen LogP contribution in [0.2, 0.25) is 0 Å². The maximum Gasteiger partial charge on any atom is 0.105 e. The quantitative estimate of drug-likeness (QED) is 0.783. The van der Waals surface area contributed by atoms with Crippen LogP contribution in [0, 0.1) is 0 Å². The van der Waals surface area contributed by atoms with E-state index in [1.54, 1.807) is 0 Å². The molecule has 0 aromatic heterocycles. The Morgan fingerprint density at radius 2 is 1.29 bits per heavy atom. The summed E-state index contributed by atoms with van der Waals surface area (Å²) in [4.78, 5) is 0. The average molecular weight is 291 g/mol. The summed E-state index contributed by atoms with van der Waals surface area (Å²) in [5.41, 5.74) is 3.12. The first-order valence-electron chi connectivity index (χ1n) is 5.43. The zero-order valence-corrected chi connectivity index (χ0v) is 10.6. The Hall–Kier alpha value is -1.16. The molecule has 0 fully saturated rings. The van der Waals surface area contributed by atoms with Crippen molar-refractivity contribution in [2.45, 2.75) is 12.2 Å². The van der Waals surface area contributed by atoms with Crippen molar-refractivity contribution < 1.29 is 10.2 Å². The number of rotatable bonds is 0. The Labute approximate surface area is 108 Å². The van der Waals surface area contributed by atoms with E-state index in [-0.39, 0.29) is 0 Å². The Balaban J connectivity index is 2.25. The largest absolute Gasteiger partial charge is 0.384 e. The highest BCUT2D eigenvalue weighted by Gasteiger charge is 2.29. The molecule has 0 unspecified atom stereocenters. The van der Waals surface area contributed by atoms with Crippen molar-refractivity contribution in [3.63, 3.8) is 0 Å². The van der Waals surface area contributed by atoms with Crippen LogP contribution < -0.4 is 0 Å². The van der Waals surface area contributed by atoms with Crippen molar-refractivity contribution in [2.24, 2.45) is 0 Å². The summed E-state index contributed by atoms with van der Waals surface area (Å²) in [5, 5.41) is 20.6. The molecule has 3 heteroatoms. The minimum absolute atomic E-state index is 0.655. The summed E-state index contributed by atoms with van der Waals surface area (Å²) in [6.07, 6.45) is -1.32. The van der Waals surface area contributed by atoms with Crippen LogP contribution in [0.4, 0.5) is 0 Å². The molecule has 2 aromatic carbocycles. The lowest BCUT2D eigenvalue weighted by Gasteiger charge is -2.28. The van der Waals surface area contributed by atoms with Crippen molar-refractivity contribution in [1.29, 1.82) is 0 Å². The third kappa shape index (κ3) is 1.62. The third-order valence-corrected chi connectivity index (χ3v) is 3.72. The van der Waals surface area contributed by atoms with Crippen LogP contribution in [0.15, 0.2) is 46.9 Å². The molecule has 0 saturated carbocycles. The van der Waals surface area contributed by atoms with Gasteiger partial charge in [-0.15, -0.1) is 0 Å². The first kappa shape index (κ1) is 11.0. The standard InChI is InChI=1S/C14H11BrO2/c15-8-5-6-11-12(7-8)14(17)10-4-2-1-3-9(10)13(11)16/h1-7,13-14,16-17H/t13-,14-/m0/s1. The summed E-state index contributed by atoms with van der Waals surface area (Å²) in [6, 6.07) is 13.0. The molecule has 0 aliphatic heterocycles. The minimum Gasteiger partial charge on any atom is -0.384 e. The number of benzene rings is 2. The Bertz CT molecular complexity index is 580. The summed E-state index contributed by atoms with van der Waals surface area (Å²) in [5.74, 6) is 0. The van der Waals surface area contributed by atoms with Gasteiger partial charge in [0.25, 0.3) is 0 Å². The highest BCUT2D eigenvalue weighted by atomic mass is 79.9. The summed E-state index contributed by atoms with van der Waals surface area (Å²) in [7, 11) is 0. The van der Waals surface area contributed by atoms with Crippen molar-refractivity contribution in [3.8, 4) is 0 Å². The zero-order chi connectivity index (χ0) is 12.0. The molecule has 0 saturated heterocycles. The van der Waals surface area contributed by atoms with Gasteiger partial charge in [-0.05, 0) is 34.4 Å². The van der Waals surface area contributed by atoms with Gasteiger partial charge in [0.15, 0.2) is 0 Å². The van der Waals surface area contributed by atoms with E-state index in [0.29, 0.717) is 0 Å². The highest BCUT2D eigenvalue weighted by Crippen LogP contribution is 2.41. The average Bonchev–Trinajstić information content (AvgIpc) is 2.36. The highest BCUT2D eigenvalue weighted by molar-refractivity contribution is 9.10. The van der Waals surface area contributed by atoms with E-state index >= 15 is 0 Å². The maximum atomic E-state index is 10.3. The van der Waals surface area contributed by atoms with Gasteiger partial charge in [-0.2, -0.15) is 0 Å². The van der Waals surface area contributed by atoms with Crippen LogP contribution in [0.1, 0.15) is 34.5 Å². The number of aliphatic hydroxyl groups excluding tert-OH is 2. The van der Waals surface area contributed by atoms with E-state index < -0.39 is 12.2 Å². The van der Waals surface area contributed by atoms with Crippen LogP contribution in [-0.2, 0) is 0 Å². The van der Waals surface area contributed by atoms with Crippen LogP contribution >= 0.6 is 15.9 Å². The fourth-order valence-electron chi connectivity index (χ4n) is 2.38. The number of hydrogen-bond donors (Lipinski definition) is 2. The predicted octanol–water partition coefficient (Wildman–Crippen LogP) is 2.93. The molecule has 0 spiro atoms. The van der Waals surface area contributed by atoms with E-state index in [9.17, 15) is 10.2 Å². The first-order chi connectivity index (χ1) is 8.18. The Morgan fingerprint density at radius 1 is 0.765 bits per heavy atom. The van der Waals surface area contributed by atoms with E-state index in [1.807, 2.05) is 42.5 Å². The molecule has 2 nitrogen and oxygen atoms in total. The lowest BCUT2D eigenvalue weighted by molar-refractivity contribution is 0.173. The minimum atomic E-state index is -0.665. The van der Waals surface area contributed by atoms with Gasteiger partial charge in [0.05, 0.1) is 0 Å². The smallest absolute Gasteiger partial charge is 0.105 e. The van der Waals surface area contributed by atoms with E-state index in [1.165, 1.54) is 0 Å². The van der Waals surface area contributed by atoms with Gasteiger partial charge in [0.2, 0.25) is 0 Å². The molecule has 3 rings (SSSR count). The van der Waals surface area contributed by atoms with Crippen molar-refractivity contribution >= 4 is 15.9 Å². The van der Waals surface area contributed by atoms with Crippen molar-refractivity contribution in [3.05, 3.63) is 69.2 Å².